The zero-order valence-electron chi connectivity index (χ0n) is 17.6. The van der Waals surface area contributed by atoms with Gasteiger partial charge < -0.3 is 5.32 Å². The molecule has 10 heteroatoms. The molecule has 2 aliphatic rings. The number of carbonyl (C=O) groups excluding carboxylic acids is 1. The monoisotopic (exact) mass is 447 g/mol. The Morgan fingerprint density at radius 1 is 1.10 bits per heavy atom. The van der Waals surface area contributed by atoms with Crippen molar-refractivity contribution < 1.29 is 13.2 Å². The highest BCUT2D eigenvalue weighted by Crippen LogP contribution is 2.23. The van der Waals surface area contributed by atoms with Crippen molar-refractivity contribution >= 4 is 15.7 Å². The second kappa shape index (κ2) is 9.35. The number of carbonyl (C=O) groups is 1. The maximum atomic E-state index is 13.1. The fourth-order valence-corrected chi connectivity index (χ4v) is 5.51. The number of aryl methyl sites for hydroxylation is 2. The topological polar surface area (TPSA) is 106 Å². The highest BCUT2D eigenvalue weighted by molar-refractivity contribution is 7.91. The van der Waals surface area contributed by atoms with E-state index in [4.69, 9.17) is 0 Å². The first-order valence-corrected chi connectivity index (χ1v) is 12.7. The van der Waals surface area contributed by atoms with Crippen LogP contribution in [0, 0.1) is 0 Å². The molecule has 0 radical (unpaired) electrons. The summed E-state index contributed by atoms with van der Waals surface area (Å²) < 4.78 is 26.9. The third-order valence-electron chi connectivity index (χ3n) is 5.99. The molecule has 31 heavy (non-hydrogen) atoms. The van der Waals surface area contributed by atoms with Crippen LogP contribution in [0.2, 0.25) is 0 Å². The molecule has 0 bridgehead atoms. The van der Waals surface area contributed by atoms with E-state index < -0.39 is 15.9 Å². The molecule has 0 saturated carbocycles. The summed E-state index contributed by atoms with van der Waals surface area (Å²) in [4.78, 5) is 27.4. The molecule has 0 aliphatic carbocycles. The predicted molar refractivity (Wildman–Crippen MR) is 116 cm³/mol. The highest BCUT2D eigenvalue weighted by atomic mass is 32.2. The molecule has 0 spiro atoms. The molecule has 9 nitrogen and oxygen atoms in total. The van der Waals surface area contributed by atoms with Crippen LogP contribution in [0.4, 0.5) is 0 Å². The number of hydrogen-bond donors (Lipinski definition) is 1. The number of fused-ring (bicyclic) bond motifs is 1. The first kappa shape index (κ1) is 21.8. The van der Waals surface area contributed by atoms with E-state index in [1.807, 2.05) is 35.2 Å². The van der Waals surface area contributed by atoms with Crippen molar-refractivity contribution in [1.29, 1.82) is 0 Å². The third-order valence-corrected chi connectivity index (χ3v) is 7.59. The molecule has 1 fully saturated rings. The van der Waals surface area contributed by atoms with Gasteiger partial charge in [0.25, 0.3) is 0 Å². The Bertz CT molecular complexity index is 1060. The van der Waals surface area contributed by atoms with E-state index in [9.17, 15) is 18.0 Å². The molecule has 3 heterocycles. The third kappa shape index (κ3) is 5.07. The molecule has 4 rings (SSSR count). The van der Waals surface area contributed by atoms with Crippen molar-refractivity contribution in [2.45, 2.75) is 44.8 Å². The SMILES string of the molecule is O=C(NCCCn1nc2n(c1=O)CCCC2)C(c1ccccc1)N1CCS(=O)(=O)CC1. The molecule has 1 saturated heterocycles. The Morgan fingerprint density at radius 3 is 2.55 bits per heavy atom. The van der Waals surface area contributed by atoms with Gasteiger partial charge in [-0.25, -0.2) is 17.9 Å². The van der Waals surface area contributed by atoms with Gasteiger partial charge in [0.05, 0.1) is 11.5 Å². The number of nitrogens with zero attached hydrogens (tertiary/aromatic N) is 4. The van der Waals surface area contributed by atoms with Crippen molar-refractivity contribution in [3.8, 4) is 0 Å². The lowest BCUT2D eigenvalue weighted by Gasteiger charge is -2.33. The molecule has 1 aromatic carbocycles. The average molecular weight is 448 g/mol. The molecular formula is C21H29N5O4S. The first-order valence-electron chi connectivity index (χ1n) is 10.9. The lowest BCUT2D eigenvalue weighted by atomic mass is 10.0. The largest absolute Gasteiger partial charge is 0.354 e. The number of nitrogens with one attached hydrogen (secondary N) is 1. The summed E-state index contributed by atoms with van der Waals surface area (Å²) in [6.45, 7) is 2.28. The zero-order chi connectivity index (χ0) is 21.8. The van der Waals surface area contributed by atoms with Gasteiger partial charge in [-0.3, -0.25) is 14.3 Å². The average Bonchev–Trinajstić information content (AvgIpc) is 3.09. The van der Waals surface area contributed by atoms with Gasteiger partial charge in [0, 0.05) is 39.1 Å². The van der Waals surface area contributed by atoms with Gasteiger partial charge in [0.2, 0.25) is 5.91 Å². The van der Waals surface area contributed by atoms with Crippen molar-refractivity contribution in [1.82, 2.24) is 24.6 Å². The fraction of sp³-hybridized carbons (Fsp3) is 0.571. The normalized spacial score (nSPS) is 19.5. The van der Waals surface area contributed by atoms with Gasteiger partial charge in [-0.15, -0.1) is 0 Å². The summed E-state index contributed by atoms with van der Waals surface area (Å²) in [5, 5.41) is 7.40. The summed E-state index contributed by atoms with van der Waals surface area (Å²) in [6.07, 6.45) is 3.50. The summed E-state index contributed by atoms with van der Waals surface area (Å²) in [7, 11) is -3.03. The Labute approximate surface area is 182 Å². The fourth-order valence-electron chi connectivity index (χ4n) is 4.28. The number of amides is 1. The van der Waals surface area contributed by atoms with E-state index in [-0.39, 0.29) is 23.1 Å². The highest BCUT2D eigenvalue weighted by Gasteiger charge is 2.32. The van der Waals surface area contributed by atoms with Gasteiger partial charge in [0.1, 0.15) is 11.9 Å². The summed E-state index contributed by atoms with van der Waals surface area (Å²) in [5.74, 6) is 0.834. The van der Waals surface area contributed by atoms with Crippen molar-refractivity contribution in [3.63, 3.8) is 0 Å². The van der Waals surface area contributed by atoms with Gasteiger partial charge in [-0.2, -0.15) is 5.10 Å². The lowest BCUT2D eigenvalue weighted by molar-refractivity contribution is -0.126. The van der Waals surface area contributed by atoms with Crippen molar-refractivity contribution in [3.05, 3.63) is 52.2 Å². The second-order valence-corrected chi connectivity index (χ2v) is 10.5. The Hall–Kier alpha value is -2.46. The molecule has 2 aromatic rings. The van der Waals surface area contributed by atoms with E-state index >= 15 is 0 Å². The minimum Gasteiger partial charge on any atom is -0.354 e. The molecule has 1 atom stereocenters. The number of sulfone groups is 1. The minimum absolute atomic E-state index is 0.0670. The molecule has 168 valence electrons. The van der Waals surface area contributed by atoms with Crippen molar-refractivity contribution in [2.24, 2.45) is 0 Å². The number of aromatic nitrogens is 3. The van der Waals surface area contributed by atoms with Crippen LogP contribution in [0.25, 0.3) is 0 Å². The van der Waals surface area contributed by atoms with Crippen LogP contribution in [0.15, 0.2) is 35.1 Å². The van der Waals surface area contributed by atoms with E-state index in [1.54, 1.807) is 4.57 Å². The molecule has 2 aliphatic heterocycles. The van der Waals surface area contributed by atoms with E-state index in [0.29, 0.717) is 32.6 Å². The maximum absolute atomic E-state index is 13.1. The number of benzene rings is 1. The second-order valence-electron chi connectivity index (χ2n) is 8.18. The van der Waals surface area contributed by atoms with Gasteiger partial charge >= 0.3 is 5.69 Å². The maximum Gasteiger partial charge on any atom is 0.345 e. The quantitative estimate of drug-likeness (QED) is 0.615. The van der Waals surface area contributed by atoms with Crippen molar-refractivity contribution in [2.75, 3.05) is 31.1 Å². The number of rotatable bonds is 7. The standard InChI is InChI=1S/C21H29N5O4S/c27-20(22-10-6-12-26-21(28)25-11-5-4-9-18(25)23-26)19(17-7-2-1-3-8-17)24-13-15-31(29,30)16-14-24/h1-3,7-8,19H,4-6,9-16H2,(H,22,27). The Morgan fingerprint density at radius 2 is 1.84 bits per heavy atom. The van der Waals surface area contributed by atoms with Crippen LogP contribution >= 0.6 is 0 Å². The van der Waals surface area contributed by atoms with Crippen LogP contribution in [-0.4, -0.2) is 64.7 Å². The van der Waals surface area contributed by atoms with Gasteiger partial charge in [-0.1, -0.05) is 30.3 Å². The Balaban J connectivity index is 1.37. The first-order chi connectivity index (χ1) is 14.9. The number of hydrogen-bond acceptors (Lipinski definition) is 6. The smallest absolute Gasteiger partial charge is 0.345 e. The molecule has 1 N–H and O–H groups in total. The van der Waals surface area contributed by atoms with Crippen LogP contribution in [0.1, 0.15) is 36.7 Å². The van der Waals surface area contributed by atoms with E-state index in [2.05, 4.69) is 10.4 Å². The summed E-state index contributed by atoms with van der Waals surface area (Å²) in [6, 6.07) is 8.90. The zero-order valence-corrected chi connectivity index (χ0v) is 18.4. The van der Waals surface area contributed by atoms with E-state index in [1.165, 1.54) is 4.68 Å². The molecule has 1 amide bonds. The van der Waals surface area contributed by atoms with Gasteiger partial charge in [0.15, 0.2) is 9.84 Å². The van der Waals surface area contributed by atoms with Gasteiger partial charge in [-0.05, 0) is 24.8 Å². The molecule has 1 unspecified atom stereocenters. The minimum atomic E-state index is -3.03. The summed E-state index contributed by atoms with van der Waals surface area (Å²) >= 11 is 0. The van der Waals surface area contributed by atoms with E-state index in [0.717, 1.165) is 37.2 Å². The predicted octanol–water partition coefficient (Wildman–Crippen LogP) is 0.359. The Kier molecular flexibility index (Phi) is 6.57. The lowest BCUT2D eigenvalue weighted by Crippen LogP contribution is -2.47. The molecular weight excluding hydrogens is 418 g/mol. The summed E-state index contributed by atoms with van der Waals surface area (Å²) in [5.41, 5.74) is 0.773. The van der Waals surface area contributed by atoms with Crippen LogP contribution in [0.3, 0.4) is 0 Å². The van der Waals surface area contributed by atoms with Crippen LogP contribution < -0.4 is 11.0 Å². The van der Waals surface area contributed by atoms with Crippen LogP contribution in [-0.2, 0) is 34.1 Å². The molecule has 1 aromatic heterocycles. The van der Waals surface area contributed by atoms with Crippen LogP contribution in [0.5, 0.6) is 0 Å².